The van der Waals surface area contributed by atoms with Crippen LogP contribution in [0.2, 0.25) is 0 Å². The number of amides is 1. The zero-order chi connectivity index (χ0) is 17.8. The summed E-state index contributed by atoms with van der Waals surface area (Å²) >= 11 is 0. The second-order valence-corrected chi connectivity index (χ2v) is 7.00. The summed E-state index contributed by atoms with van der Waals surface area (Å²) < 4.78 is 0. The molecule has 25 heavy (non-hydrogen) atoms. The number of rotatable bonds is 7. The van der Waals surface area contributed by atoms with E-state index in [-0.39, 0.29) is 18.1 Å². The van der Waals surface area contributed by atoms with E-state index < -0.39 is 0 Å². The number of aryl methyl sites for hydroxylation is 2. The summed E-state index contributed by atoms with van der Waals surface area (Å²) in [4.78, 5) is 16.8. The van der Waals surface area contributed by atoms with Crippen LogP contribution in [0.15, 0.2) is 24.4 Å². The zero-order valence-electron chi connectivity index (χ0n) is 14.8. The molecule has 0 unspecified atom stereocenters. The van der Waals surface area contributed by atoms with Gasteiger partial charge in [-0.1, -0.05) is 6.07 Å². The van der Waals surface area contributed by atoms with Gasteiger partial charge in [0, 0.05) is 42.9 Å². The van der Waals surface area contributed by atoms with Gasteiger partial charge in [0.15, 0.2) is 0 Å². The summed E-state index contributed by atoms with van der Waals surface area (Å²) in [6, 6.07) is 5.84. The van der Waals surface area contributed by atoms with Crippen LogP contribution in [0, 0.1) is 19.8 Å². The summed E-state index contributed by atoms with van der Waals surface area (Å²) in [5.41, 5.74) is 4.09. The number of nitrogens with zero attached hydrogens (tertiary/aromatic N) is 2. The highest BCUT2D eigenvalue weighted by Crippen LogP contribution is 2.31. The molecule has 3 rings (SSSR count). The normalized spacial score (nSPS) is 20.8. The molecular weight excluding hydrogens is 316 g/mol. The van der Waals surface area contributed by atoms with Gasteiger partial charge in [-0.3, -0.25) is 14.9 Å². The second kappa shape index (κ2) is 7.78. The number of carbonyl (C=O) groups is 1. The van der Waals surface area contributed by atoms with Crippen molar-refractivity contribution in [3.05, 3.63) is 47.0 Å². The Bertz CT molecular complexity index is 707. The van der Waals surface area contributed by atoms with Crippen LogP contribution in [0.5, 0.6) is 0 Å². The maximum atomic E-state index is 12.4. The number of aromatic amines is 1. The molecule has 2 aromatic rings. The average Bonchev–Trinajstić information content (AvgIpc) is 2.89. The molecule has 1 fully saturated rings. The number of aromatic nitrogens is 3. The fourth-order valence-electron chi connectivity index (χ4n) is 3.33. The molecule has 6 nitrogen and oxygen atoms in total. The van der Waals surface area contributed by atoms with Crippen LogP contribution >= 0.6 is 0 Å². The van der Waals surface area contributed by atoms with Gasteiger partial charge in [0.25, 0.3) is 0 Å². The molecule has 0 aromatic carbocycles. The third-order valence-electron chi connectivity index (χ3n) is 5.16. The van der Waals surface area contributed by atoms with E-state index in [2.05, 4.69) is 20.5 Å². The lowest BCUT2D eigenvalue weighted by Crippen LogP contribution is -2.48. The van der Waals surface area contributed by atoms with Crippen LogP contribution in [-0.2, 0) is 17.6 Å². The largest absolute Gasteiger partial charge is 0.393 e. The van der Waals surface area contributed by atoms with E-state index in [1.165, 1.54) is 0 Å². The van der Waals surface area contributed by atoms with E-state index in [1.54, 1.807) is 6.20 Å². The molecule has 1 atom stereocenters. The molecule has 2 heterocycles. The third kappa shape index (κ3) is 4.45. The standard InChI is InChI=1S/C19H26N4O2/c1-12-13(2)22-23-17(12)6-7-19(25)21-18(14-9-16(24)10-14)11-15-5-3-4-8-20-15/h3-5,8,14,16,18,24H,6-7,9-11H2,1-2H3,(H,21,25)(H,22,23)/t14?,16?,18-/m0/s1. The minimum Gasteiger partial charge on any atom is -0.393 e. The fourth-order valence-corrected chi connectivity index (χ4v) is 3.33. The predicted molar refractivity (Wildman–Crippen MR) is 95.0 cm³/mol. The van der Waals surface area contributed by atoms with Crippen molar-refractivity contribution >= 4 is 5.91 Å². The van der Waals surface area contributed by atoms with E-state index in [9.17, 15) is 9.90 Å². The van der Waals surface area contributed by atoms with Gasteiger partial charge < -0.3 is 10.4 Å². The number of aliphatic hydroxyl groups is 1. The topological polar surface area (TPSA) is 90.9 Å². The first-order valence-corrected chi connectivity index (χ1v) is 8.90. The molecule has 6 heteroatoms. The van der Waals surface area contributed by atoms with Crippen LogP contribution in [-0.4, -0.2) is 38.3 Å². The highest BCUT2D eigenvalue weighted by atomic mass is 16.3. The van der Waals surface area contributed by atoms with Crippen molar-refractivity contribution in [2.75, 3.05) is 0 Å². The van der Waals surface area contributed by atoms with Crippen molar-refractivity contribution < 1.29 is 9.90 Å². The van der Waals surface area contributed by atoms with Crippen LogP contribution in [0.1, 0.15) is 41.9 Å². The molecule has 0 spiro atoms. The quantitative estimate of drug-likeness (QED) is 0.716. The molecule has 3 N–H and O–H groups in total. The highest BCUT2D eigenvalue weighted by molar-refractivity contribution is 5.76. The number of H-pyrrole nitrogens is 1. The van der Waals surface area contributed by atoms with E-state index >= 15 is 0 Å². The molecule has 1 aliphatic rings. The van der Waals surface area contributed by atoms with E-state index in [1.807, 2.05) is 32.0 Å². The van der Waals surface area contributed by atoms with Gasteiger partial charge in [-0.05, 0) is 50.3 Å². The van der Waals surface area contributed by atoms with E-state index in [0.29, 0.717) is 25.2 Å². The van der Waals surface area contributed by atoms with Crippen molar-refractivity contribution in [3.8, 4) is 0 Å². The van der Waals surface area contributed by atoms with E-state index in [0.717, 1.165) is 35.5 Å². The zero-order valence-corrected chi connectivity index (χ0v) is 14.8. The summed E-state index contributed by atoms with van der Waals surface area (Å²) in [7, 11) is 0. The third-order valence-corrected chi connectivity index (χ3v) is 5.16. The van der Waals surface area contributed by atoms with Crippen LogP contribution in [0.4, 0.5) is 0 Å². The van der Waals surface area contributed by atoms with Gasteiger partial charge in [0.2, 0.25) is 5.91 Å². The number of hydrogen-bond acceptors (Lipinski definition) is 4. The molecule has 1 saturated carbocycles. The van der Waals surface area contributed by atoms with Crippen molar-refractivity contribution in [1.29, 1.82) is 0 Å². The summed E-state index contributed by atoms with van der Waals surface area (Å²) in [6.45, 7) is 4.00. The van der Waals surface area contributed by atoms with Crippen molar-refractivity contribution in [1.82, 2.24) is 20.5 Å². The van der Waals surface area contributed by atoms with Gasteiger partial charge >= 0.3 is 0 Å². The molecule has 2 aromatic heterocycles. The SMILES string of the molecule is Cc1[nH]nc(CCC(=O)N[C@@H](Cc2ccccn2)C2CC(O)C2)c1C. The number of pyridine rings is 1. The van der Waals surface area contributed by atoms with Crippen LogP contribution < -0.4 is 5.32 Å². The Morgan fingerprint density at radius 2 is 2.20 bits per heavy atom. The number of nitrogens with one attached hydrogen (secondary N) is 2. The Hall–Kier alpha value is -2.21. The van der Waals surface area contributed by atoms with E-state index in [4.69, 9.17) is 0 Å². The molecule has 134 valence electrons. The highest BCUT2D eigenvalue weighted by Gasteiger charge is 2.34. The molecule has 0 bridgehead atoms. The first-order chi connectivity index (χ1) is 12.0. The van der Waals surface area contributed by atoms with Crippen molar-refractivity contribution in [2.45, 2.75) is 58.1 Å². The van der Waals surface area contributed by atoms with Gasteiger partial charge in [-0.25, -0.2) is 0 Å². The summed E-state index contributed by atoms with van der Waals surface area (Å²) in [5, 5.41) is 20.0. The molecule has 0 saturated heterocycles. The maximum Gasteiger partial charge on any atom is 0.220 e. The summed E-state index contributed by atoms with van der Waals surface area (Å²) in [6.07, 6.45) is 4.77. The molecule has 1 aliphatic carbocycles. The van der Waals surface area contributed by atoms with Gasteiger partial charge in [-0.15, -0.1) is 0 Å². The first-order valence-electron chi connectivity index (χ1n) is 8.90. The van der Waals surface area contributed by atoms with Gasteiger partial charge in [0.05, 0.1) is 11.8 Å². The minimum absolute atomic E-state index is 0.0211. The lowest BCUT2D eigenvalue weighted by atomic mass is 9.76. The second-order valence-electron chi connectivity index (χ2n) is 7.00. The van der Waals surface area contributed by atoms with Crippen LogP contribution in [0.25, 0.3) is 0 Å². The maximum absolute atomic E-state index is 12.4. The van der Waals surface area contributed by atoms with Crippen LogP contribution in [0.3, 0.4) is 0 Å². The molecule has 0 radical (unpaired) electrons. The Kier molecular flexibility index (Phi) is 5.48. The first kappa shape index (κ1) is 17.6. The molecular formula is C19H26N4O2. The number of aliphatic hydroxyl groups excluding tert-OH is 1. The average molecular weight is 342 g/mol. The van der Waals surface area contributed by atoms with Gasteiger partial charge in [0.1, 0.15) is 0 Å². The monoisotopic (exact) mass is 342 g/mol. The Labute approximate surface area is 148 Å². The Morgan fingerprint density at radius 1 is 1.40 bits per heavy atom. The Morgan fingerprint density at radius 3 is 2.80 bits per heavy atom. The van der Waals surface area contributed by atoms with Crippen molar-refractivity contribution in [2.24, 2.45) is 5.92 Å². The lowest BCUT2D eigenvalue weighted by Gasteiger charge is -2.38. The van der Waals surface area contributed by atoms with Crippen molar-refractivity contribution in [3.63, 3.8) is 0 Å². The Balaban J connectivity index is 1.57. The lowest BCUT2D eigenvalue weighted by molar-refractivity contribution is -0.122. The van der Waals surface area contributed by atoms with Gasteiger partial charge in [-0.2, -0.15) is 5.10 Å². The fraction of sp³-hybridized carbons (Fsp3) is 0.526. The number of hydrogen-bond donors (Lipinski definition) is 3. The molecule has 1 amide bonds. The predicted octanol–water partition coefficient (Wildman–Crippen LogP) is 1.85. The smallest absolute Gasteiger partial charge is 0.220 e. The summed E-state index contributed by atoms with van der Waals surface area (Å²) in [5.74, 6) is 0.345. The minimum atomic E-state index is -0.234. The number of carbonyl (C=O) groups excluding carboxylic acids is 1. The molecule has 0 aliphatic heterocycles.